The van der Waals surface area contributed by atoms with E-state index in [9.17, 15) is 29.4 Å². The minimum absolute atomic E-state index is 0.228. The Morgan fingerprint density at radius 3 is 2.36 bits per heavy atom. The summed E-state index contributed by atoms with van der Waals surface area (Å²) in [4.78, 5) is 50.3. The maximum Gasteiger partial charge on any atom is 0.316 e. The summed E-state index contributed by atoms with van der Waals surface area (Å²) < 4.78 is 17.0. The molecule has 0 aromatic carbocycles. The number of fused-ring (bicyclic) bond motifs is 2. The first-order chi connectivity index (χ1) is 15.3. The lowest BCUT2D eigenvalue weighted by molar-refractivity contribution is -0.271. The molecule has 9 heteroatoms. The summed E-state index contributed by atoms with van der Waals surface area (Å²) in [6, 6.07) is 0. The highest BCUT2D eigenvalue weighted by molar-refractivity contribution is 5.83. The zero-order chi connectivity index (χ0) is 24.5. The quantitative estimate of drug-likeness (QED) is 0.364. The van der Waals surface area contributed by atoms with Crippen molar-refractivity contribution in [2.45, 2.75) is 71.7 Å². The third kappa shape index (κ3) is 3.15. The van der Waals surface area contributed by atoms with Crippen molar-refractivity contribution in [3.63, 3.8) is 0 Å². The molecule has 1 heterocycles. The van der Waals surface area contributed by atoms with Crippen LogP contribution in [0.1, 0.15) is 53.4 Å². The highest BCUT2D eigenvalue weighted by Gasteiger charge is 2.78. The second-order valence-electron chi connectivity index (χ2n) is 10.9. The van der Waals surface area contributed by atoms with Crippen LogP contribution in [0.2, 0.25) is 0 Å². The van der Waals surface area contributed by atoms with Gasteiger partial charge in [-0.25, -0.2) is 0 Å². The van der Waals surface area contributed by atoms with Crippen LogP contribution in [-0.2, 0) is 33.4 Å². The molecular formula is C24H32O9. The fraction of sp³-hybridized carbons (Fsp3) is 0.750. The predicted octanol–water partition coefficient (Wildman–Crippen LogP) is 1.86. The molecule has 1 aliphatic heterocycles. The normalized spacial score (nSPS) is 43.4. The van der Waals surface area contributed by atoms with E-state index in [0.29, 0.717) is 18.4 Å². The predicted molar refractivity (Wildman–Crippen MR) is 112 cm³/mol. The number of carbonyl (C=O) groups excluding carboxylic acids is 3. The van der Waals surface area contributed by atoms with Gasteiger partial charge in [-0.3, -0.25) is 19.2 Å². The first kappa shape index (κ1) is 23.7. The lowest BCUT2D eigenvalue weighted by Gasteiger charge is -2.63. The number of rotatable bonds is 3. The van der Waals surface area contributed by atoms with Gasteiger partial charge in [-0.15, -0.1) is 0 Å². The van der Waals surface area contributed by atoms with E-state index in [1.165, 1.54) is 13.8 Å². The van der Waals surface area contributed by atoms with E-state index in [2.05, 4.69) is 6.58 Å². The van der Waals surface area contributed by atoms with Crippen molar-refractivity contribution in [1.29, 1.82) is 0 Å². The molecule has 1 saturated heterocycles. The number of aliphatic hydroxyl groups excluding tert-OH is 1. The fourth-order valence-corrected chi connectivity index (χ4v) is 7.72. The number of cyclic esters (lactones) is 1. The Morgan fingerprint density at radius 1 is 1.15 bits per heavy atom. The van der Waals surface area contributed by atoms with Gasteiger partial charge < -0.3 is 24.4 Å². The Bertz CT molecular complexity index is 923. The Hall–Kier alpha value is -2.42. The van der Waals surface area contributed by atoms with Gasteiger partial charge in [0, 0.05) is 19.8 Å². The van der Waals surface area contributed by atoms with Gasteiger partial charge in [0.2, 0.25) is 0 Å². The molecular weight excluding hydrogens is 432 g/mol. The number of hydrogen-bond donors (Lipinski definition) is 2. The van der Waals surface area contributed by atoms with Crippen LogP contribution in [0.15, 0.2) is 12.2 Å². The summed E-state index contributed by atoms with van der Waals surface area (Å²) in [7, 11) is 0. The summed E-state index contributed by atoms with van der Waals surface area (Å²) in [5, 5.41) is 21.9. The Balaban J connectivity index is 1.99. The molecule has 182 valence electrons. The first-order valence-corrected chi connectivity index (χ1v) is 11.4. The molecule has 0 amide bonds. The number of ether oxygens (including phenoxy) is 3. The fourth-order valence-electron chi connectivity index (χ4n) is 7.72. The maximum atomic E-state index is 13.5. The van der Waals surface area contributed by atoms with Gasteiger partial charge in [-0.1, -0.05) is 20.4 Å². The molecule has 3 saturated carbocycles. The molecule has 4 fully saturated rings. The van der Waals surface area contributed by atoms with Crippen LogP contribution in [0, 0.1) is 34.0 Å². The van der Waals surface area contributed by atoms with Crippen LogP contribution in [0.4, 0.5) is 0 Å². The monoisotopic (exact) mass is 464 g/mol. The van der Waals surface area contributed by atoms with Crippen molar-refractivity contribution in [1.82, 2.24) is 0 Å². The minimum atomic E-state index is -1.50. The number of aliphatic hydroxyl groups is 1. The van der Waals surface area contributed by atoms with Gasteiger partial charge in [0.15, 0.2) is 0 Å². The van der Waals surface area contributed by atoms with Gasteiger partial charge >= 0.3 is 23.9 Å². The van der Waals surface area contributed by atoms with E-state index in [1.807, 2.05) is 13.8 Å². The summed E-state index contributed by atoms with van der Waals surface area (Å²) >= 11 is 0. The first-order valence-electron chi connectivity index (χ1n) is 11.4. The molecule has 2 bridgehead atoms. The van der Waals surface area contributed by atoms with E-state index in [-0.39, 0.29) is 25.4 Å². The number of carbonyl (C=O) groups is 4. The molecule has 0 unspecified atom stereocenters. The van der Waals surface area contributed by atoms with Gasteiger partial charge in [0.05, 0.1) is 17.4 Å². The summed E-state index contributed by atoms with van der Waals surface area (Å²) in [6.07, 6.45) is -1.74. The average Bonchev–Trinajstić information content (AvgIpc) is 2.88. The number of esters is 3. The number of carboxylic acid groups (broad SMARTS) is 1. The van der Waals surface area contributed by atoms with Crippen LogP contribution in [0.3, 0.4) is 0 Å². The van der Waals surface area contributed by atoms with Crippen molar-refractivity contribution in [2.24, 2.45) is 34.0 Å². The minimum Gasteiger partial charge on any atom is -0.481 e. The van der Waals surface area contributed by atoms with E-state index in [1.54, 1.807) is 0 Å². The highest BCUT2D eigenvalue weighted by atomic mass is 16.6. The van der Waals surface area contributed by atoms with Crippen molar-refractivity contribution in [3.8, 4) is 0 Å². The lowest BCUT2D eigenvalue weighted by atomic mass is 9.43. The molecule has 8 atom stereocenters. The number of carboxylic acids is 1. The highest BCUT2D eigenvalue weighted by Crippen LogP contribution is 2.70. The van der Waals surface area contributed by atoms with E-state index in [4.69, 9.17) is 14.2 Å². The molecule has 33 heavy (non-hydrogen) atoms. The van der Waals surface area contributed by atoms with Gasteiger partial charge in [-0.05, 0) is 42.6 Å². The second kappa shape index (κ2) is 7.55. The molecule has 2 spiro atoms. The van der Waals surface area contributed by atoms with Crippen molar-refractivity contribution in [2.75, 3.05) is 6.61 Å². The molecule has 0 aromatic heterocycles. The van der Waals surface area contributed by atoms with Crippen LogP contribution in [0.25, 0.3) is 0 Å². The van der Waals surface area contributed by atoms with E-state index >= 15 is 0 Å². The van der Waals surface area contributed by atoms with Crippen molar-refractivity contribution in [3.05, 3.63) is 12.2 Å². The Kier molecular flexibility index (Phi) is 5.43. The van der Waals surface area contributed by atoms with E-state index < -0.39 is 70.3 Å². The lowest BCUT2D eigenvalue weighted by Crippen LogP contribution is -2.72. The topological polar surface area (TPSA) is 136 Å². The molecule has 4 aliphatic rings. The molecule has 3 aliphatic carbocycles. The summed E-state index contributed by atoms with van der Waals surface area (Å²) in [5.74, 6) is -5.27. The summed E-state index contributed by atoms with van der Waals surface area (Å²) in [6.45, 7) is 9.90. The SMILES string of the molecule is C=C1[C@@H]2C[C@H](O)[C@@H]3[C@](C2)(C(=O)OC[C@]32[C@@H](OC(C)=O)CCC(C)(C)[C@H]2C(=O)O)[C@@H]1OC(C)=O. The smallest absolute Gasteiger partial charge is 0.316 e. The third-order valence-corrected chi connectivity index (χ3v) is 8.60. The molecule has 9 nitrogen and oxygen atoms in total. The van der Waals surface area contributed by atoms with Crippen LogP contribution in [0.5, 0.6) is 0 Å². The largest absolute Gasteiger partial charge is 0.481 e. The van der Waals surface area contributed by atoms with Gasteiger partial charge in [0.25, 0.3) is 0 Å². The number of hydrogen-bond acceptors (Lipinski definition) is 8. The van der Waals surface area contributed by atoms with Gasteiger partial charge in [0.1, 0.15) is 24.2 Å². The molecule has 4 rings (SSSR count). The summed E-state index contributed by atoms with van der Waals surface area (Å²) in [5.41, 5.74) is -3.12. The molecule has 2 N–H and O–H groups in total. The standard InChI is InChI=1S/C24H32O9/c1-11-14-8-15(27)17-23(9-14,19(11)33-13(3)26)21(30)31-10-24(17)16(32-12(2)25)6-7-22(4,5)18(24)20(28)29/h14-19,27H,1,6-10H2,2-5H3,(H,28,29)/t14-,15+,16+,17-,18-,19-,23+,24+/m1/s1. The second-order valence-corrected chi connectivity index (χ2v) is 10.9. The van der Waals surface area contributed by atoms with E-state index in [0.717, 1.165) is 0 Å². The number of aliphatic carboxylic acids is 1. The third-order valence-electron chi connectivity index (χ3n) is 8.60. The van der Waals surface area contributed by atoms with Gasteiger partial charge in [-0.2, -0.15) is 0 Å². The zero-order valence-electron chi connectivity index (χ0n) is 19.5. The van der Waals surface area contributed by atoms with Crippen LogP contribution >= 0.6 is 0 Å². The zero-order valence-corrected chi connectivity index (χ0v) is 19.5. The Morgan fingerprint density at radius 2 is 1.79 bits per heavy atom. The molecule has 0 aromatic rings. The Labute approximate surface area is 192 Å². The molecule has 0 radical (unpaired) electrons. The maximum absolute atomic E-state index is 13.5. The van der Waals surface area contributed by atoms with Crippen molar-refractivity contribution >= 4 is 23.9 Å². The average molecular weight is 465 g/mol. The van der Waals surface area contributed by atoms with Crippen LogP contribution in [-0.4, -0.2) is 59.0 Å². The van der Waals surface area contributed by atoms with Crippen molar-refractivity contribution < 1.29 is 43.6 Å². The van der Waals surface area contributed by atoms with Crippen LogP contribution < -0.4 is 0 Å².